The van der Waals surface area contributed by atoms with Crippen molar-refractivity contribution in [2.75, 3.05) is 11.9 Å². The second kappa shape index (κ2) is 7.73. The van der Waals surface area contributed by atoms with Gasteiger partial charge in [-0.05, 0) is 24.5 Å². The van der Waals surface area contributed by atoms with Gasteiger partial charge in [0.2, 0.25) is 0 Å². The molecule has 0 radical (unpaired) electrons. The zero-order chi connectivity index (χ0) is 16.9. The van der Waals surface area contributed by atoms with E-state index in [2.05, 4.69) is 37.4 Å². The van der Waals surface area contributed by atoms with Crippen molar-refractivity contribution in [2.24, 2.45) is 0 Å². The van der Waals surface area contributed by atoms with Crippen LogP contribution < -0.4 is 5.32 Å². The second-order valence-electron chi connectivity index (χ2n) is 5.87. The number of rotatable bonds is 7. The summed E-state index contributed by atoms with van der Waals surface area (Å²) in [6.07, 6.45) is 2.55. The number of hydrogen-bond donors (Lipinski definition) is 2. The van der Waals surface area contributed by atoms with Gasteiger partial charge in [-0.3, -0.25) is 0 Å². The molecule has 0 aliphatic carbocycles. The van der Waals surface area contributed by atoms with Crippen molar-refractivity contribution >= 4 is 27.4 Å². The molecule has 1 unspecified atom stereocenters. The maximum atomic E-state index is 9.51. The summed E-state index contributed by atoms with van der Waals surface area (Å²) < 4.78 is 0. The van der Waals surface area contributed by atoms with Crippen LogP contribution in [0, 0.1) is 0 Å². The predicted molar refractivity (Wildman–Crippen MR) is 101 cm³/mol. The molecule has 1 atom stereocenters. The van der Waals surface area contributed by atoms with Crippen molar-refractivity contribution in [1.82, 2.24) is 9.97 Å². The molecule has 3 aromatic rings. The number of fused-ring (bicyclic) bond motifs is 1. The van der Waals surface area contributed by atoms with Crippen LogP contribution in [0.15, 0.2) is 36.4 Å². The molecule has 2 N–H and O–H groups in total. The Bertz CT molecular complexity index is 797. The maximum Gasteiger partial charge on any atom is 0.138 e. The molecular weight excluding hydrogens is 318 g/mol. The summed E-state index contributed by atoms with van der Waals surface area (Å²) >= 11 is 1.72. The number of nitrogens with one attached hydrogen (secondary N) is 1. The molecule has 3 rings (SSSR count). The van der Waals surface area contributed by atoms with Gasteiger partial charge in [-0.25, -0.2) is 9.97 Å². The number of aliphatic hydroxyl groups is 1. The van der Waals surface area contributed by atoms with Crippen LogP contribution in [0.5, 0.6) is 0 Å². The number of anilines is 1. The topological polar surface area (TPSA) is 58.0 Å². The number of hydrogen-bond acceptors (Lipinski definition) is 5. The van der Waals surface area contributed by atoms with Crippen LogP contribution in [0.1, 0.15) is 36.5 Å². The summed E-state index contributed by atoms with van der Waals surface area (Å²) in [5.41, 5.74) is 1.20. The Labute approximate surface area is 146 Å². The van der Waals surface area contributed by atoms with E-state index in [1.165, 1.54) is 10.4 Å². The van der Waals surface area contributed by atoms with E-state index in [0.717, 1.165) is 34.7 Å². The second-order valence-corrected chi connectivity index (χ2v) is 6.98. The van der Waals surface area contributed by atoms with Gasteiger partial charge < -0.3 is 10.4 Å². The quantitative estimate of drug-likeness (QED) is 0.681. The van der Waals surface area contributed by atoms with E-state index in [1.807, 2.05) is 18.2 Å². The molecule has 126 valence electrons. The van der Waals surface area contributed by atoms with E-state index in [-0.39, 0.29) is 12.6 Å². The first-order chi connectivity index (χ1) is 11.7. The number of aryl methyl sites for hydroxylation is 1. The molecule has 4 nitrogen and oxygen atoms in total. The fraction of sp³-hybridized carbons (Fsp3) is 0.368. The average Bonchev–Trinajstić information content (AvgIpc) is 3.04. The third-order valence-corrected chi connectivity index (χ3v) is 5.27. The zero-order valence-corrected chi connectivity index (χ0v) is 14.9. The molecule has 0 saturated carbocycles. The molecule has 2 aromatic heterocycles. The molecular formula is C19H23N3OS. The first-order valence-corrected chi connectivity index (χ1v) is 9.25. The smallest absolute Gasteiger partial charge is 0.138 e. The summed E-state index contributed by atoms with van der Waals surface area (Å²) in [5, 5.41) is 14.0. The highest BCUT2D eigenvalue weighted by Crippen LogP contribution is 2.30. The Kier molecular flexibility index (Phi) is 5.43. The molecule has 0 amide bonds. The predicted octanol–water partition coefficient (Wildman–Crippen LogP) is 4.03. The van der Waals surface area contributed by atoms with Gasteiger partial charge in [0.15, 0.2) is 0 Å². The van der Waals surface area contributed by atoms with E-state index in [9.17, 15) is 5.11 Å². The highest BCUT2D eigenvalue weighted by atomic mass is 32.1. The lowest BCUT2D eigenvalue weighted by Gasteiger charge is -2.16. The van der Waals surface area contributed by atoms with E-state index >= 15 is 0 Å². The summed E-state index contributed by atoms with van der Waals surface area (Å²) in [5.74, 6) is 1.65. The largest absolute Gasteiger partial charge is 0.394 e. The van der Waals surface area contributed by atoms with Gasteiger partial charge in [0.05, 0.1) is 18.0 Å². The minimum atomic E-state index is 0.0117. The first-order valence-electron chi connectivity index (χ1n) is 8.44. The minimum absolute atomic E-state index is 0.0117. The molecule has 0 aliphatic rings. The Hall–Kier alpha value is -1.98. The van der Waals surface area contributed by atoms with Crippen LogP contribution in [0.3, 0.4) is 0 Å². The minimum Gasteiger partial charge on any atom is -0.394 e. The van der Waals surface area contributed by atoms with Gasteiger partial charge in [0, 0.05) is 11.3 Å². The summed E-state index contributed by atoms with van der Waals surface area (Å²) in [4.78, 5) is 11.8. The van der Waals surface area contributed by atoms with Gasteiger partial charge in [-0.1, -0.05) is 44.2 Å². The number of benzene rings is 1. The third kappa shape index (κ3) is 3.74. The Morgan fingerprint density at radius 1 is 1.17 bits per heavy atom. The summed E-state index contributed by atoms with van der Waals surface area (Å²) in [6.45, 7) is 4.31. The zero-order valence-electron chi connectivity index (χ0n) is 14.1. The van der Waals surface area contributed by atoms with Gasteiger partial charge >= 0.3 is 0 Å². The molecule has 0 bridgehead atoms. The molecule has 0 aliphatic heterocycles. The van der Waals surface area contributed by atoms with Crippen molar-refractivity contribution in [1.29, 1.82) is 0 Å². The standard InChI is InChI=1S/C19H23N3OS/c1-3-14(12-23)20-18-16-11-15(4-2)24-19(16)22-17(21-18)10-13-8-6-5-7-9-13/h5-9,11,14,23H,3-4,10,12H2,1-2H3,(H,20,21,22). The maximum absolute atomic E-state index is 9.51. The third-order valence-electron chi connectivity index (χ3n) is 4.10. The normalized spacial score (nSPS) is 12.5. The molecule has 2 heterocycles. The van der Waals surface area contributed by atoms with E-state index in [4.69, 9.17) is 9.97 Å². The molecule has 1 aromatic carbocycles. The molecule has 5 heteroatoms. The number of aliphatic hydroxyl groups excluding tert-OH is 1. The van der Waals surface area contributed by atoms with Crippen LogP contribution >= 0.6 is 11.3 Å². The molecule has 0 fully saturated rings. The molecule has 0 spiro atoms. The Morgan fingerprint density at radius 2 is 1.96 bits per heavy atom. The number of nitrogens with zero attached hydrogens (tertiary/aromatic N) is 2. The highest BCUT2D eigenvalue weighted by molar-refractivity contribution is 7.18. The van der Waals surface area contributed by atoms with Gasteiger partial charge in [-0.2, -0.15) is 0 Å². The van der Waals surface area contributed by atoms with Crippen molar-refractivity contribution in [3.05, 3.63) is 52.7 Å². The van der Waals surface area contributed by atoms with E-state index < -0.39 is 0 Å². The average molecular weight is 341 g/mol. The van der Waals surface area contributed by atoms with Crippen LogP contribution in [-0.4, -0.2) is 27.7 Å². The monoisotopic (exact) mass is 341 g/mol. The van der Waals surface area contributed by atoms with E-state index in [1.54, 1.807) is 11.3 Å². The van der Waals surface area contributed by atoms with Crippen molar-refractivity contribution in [2.45, 2.75) is 39.2 Å². The van der Waals surface area contributed by atoms with Crippen molar-refractivity contribution < 1.29 is 5.11 Å². The Balaban J connectivity index is 2.00. The lowest BCUT2D eigenvalue weighted by atomic mass is 10.1. The molecule has 24 heavy (non-hydrogen) atoms. The van der Waals surface area contributed by atoms with Crippen LogP contribution in [-0.2, 0) is 12.8 Å². The van der Waals surface area contributed by atoms with E-state index in [0.29, 0.717) is 6.42 Å². The fourth-order valence-electron chi connectivity index (χ4n) is 2.63. The molecule has 0 saturated heterocycles. The van der Waals surface area contributed by atoms with Gasteiger partial charge in [-0.15, -0.1) is 11.3 Å². The summed E-state index contributed by atoms with van der Waals surface area (Å²) in [7, 11) is 0. The van der Waals surface area contributed by atoms with Crippen LogP contribution in [0.4, 0.5) is 5.82 Å². The van der Waals surface area contributed by atoms with Gasteiger partial charge in [0.1, 0.15) is 16.5 Å². The lowest BCUT2D eigenvalue weighted by molar-refractivity contribution is 0.271. The van der Waals surface area contributed by atoms with Crippen molar-refractivity contribution in [3.8, 4) is 0 Å². The van der Waals surface area contributed by atoms with Crippen molar-refractivity contribution in [3.63, 3.8) is 0 Å². The van der Waals surface area contributed by atoms with Gasteiger partial charge in [0.25, 0.3) is 0 Å². The van der Waals surface area contributed by atoms with Crippen LogP contribution in [0.25, 0.3) is 10.2 Å². The highest BCUT2D eigenvalue weighted by Gasteiger charge is 2.14. The van der Waals surface area contributed by atoms with Crippen LogP contribution in [0.2, 0.25) is 0 Å². The fourth-order valence-corrected chi connectivity index (χ4v) is 3.61. The first kappa shape index (κ1) is 16.9. The Morgan fingerprint density at radius 3 is 2.62 bits per heavy atom. The number of thiophene rings is 1. The number of aromatic nitrogens is 2. The SMILES string of the molecule is CCc1cc2c(NC(CC)CO)nc(Cc3ccccc3)nc2s1. The summed E-state index contributed by atoms with van der Waals surface area (Å²) in [6, 6.07) is 12.4. The lowest BCUT2D eigenvalue weighted by Crippen LogP contribution is -2.23.